The van der Waals surface area contributed by atoms with E-state index >= 15 is 0 Å². The summed E-state index contributed by atoms with van der Waals surface area (Å²) in [5, 5.41) is 10.8. The van der Waals surface area contributed by atoms with Crippen LogP contribution in [0.25, 0.3) is 10.9 Å². The van der Waals surface area contributed by atoms with Crippen molar-refractivity contribution in [2.75, 3.05) is 5.43 Å². The molecule has 0 aliphatic carbocycles. The van der Waals surface area contributed by atoms with Gasteiger partial charge in [0.05, 0.1) is 10.4 Å². The molecule has 3 aromatic rings. The first-order valence-corrected chi connectivity index (χ1v) is 6.78. The molecule has 2 N–H and O–H groups in total. The smallest absolute Gasteiger partial charge is 0.305 e. The molecule has 0 aliphatic heterocycles. The number of amides is 1. The largest absolute Gasteiger partial charge is 0.348 e. The maximum atomic E-state index is 12.5. The lowest BCUT2D eigenvalue weighted by Gasteiger charge is -2.08. The lowest BCUT2D eigenvalue weighted by molar-refractivity contribution is -0.383. The predicted octanol–water partition coefficient (Wildman–Crippen LogP) is 0.982. The number of benzene rings is 2. The van der Waals surface area contributed by atoms with Gasteiger partial charge >= 0.3 is 5.69 Å². The van der Waals surface area contributed by atoms with E-state index in [1.807, 2.05) is 0 Å². The first-order chi connectivity index (χ1) is 11.5. The van der Waals surface area contributed by atoms with Gasteiger partial charge in [-0.05, 0) is 18.2 Å². The molecule has 0 bridgehead atoms. The molecule has 0 aliphatic rings. The van der Waals surface area contributed by atoms with Crippen molar-refractivity contribution in [3.05, 3.63) is 85.0 Å². The van der Waals surface area contributed by atoms with Crippen molar-refractivity contribution in [3.63, 3.8) is 0 Å². The van der Waals surface area contributed by atoms with Gasteiger partial charge in [0.15, 0.2) is 0 Å². The van der Waals surface area contributed by atoms with E-state index in [1.165, 1.54) is 24.3 Å². The number of nitro benzene ring substituents is 1. The van der Waals surface area contributed by atoms with E-state index in [0.29, 0.717) is 4.68 Å². The number of carbonyl (C=O) groups is 1. The Morgan fingerprint density at radius 1 is 1.08 bits per heavy atom. The van der Waals surface area contributed by atoms with Crippen LogP contribution in [0.3, 0.4) is 0 Å². The van der Waals surface area contributed by atoms with Gasteiger partial charge in [0.25, 0.3) is 17.2 Å². The van der Waals surface area contributed by atoms with Gasteiger partial charge in [-0.3, -0.25) is 25.1 Å². The average molecular weight is 326 g/mol. The first kappa shape index (κ1) is 15.2. The summed E-state index contributed by atoms with van der Waals surface area (Å²) < 4.78 is 0.421. The Kier molecular flexibility index (Phi) is 3.66. The van der Waals surface area contributed by atoms with E-state index in [1.54, 1.807) is 18.2 Å². The highest BCUT2D eigenvalue weighted by Gasteiger charge is 2.19. The summed E-state index contributed by atoms with van der Waals surface area (Å²) in [6.45, 7) is 0. The number of hydrogen-bond acceptors (Lipinski definition) is 5. The van der Waals surface area contributed by atoms with Crippen molar-refractivity contribution in [2.45, 2.75) is 0 Å². The molecule has 0 fully saturated rings. The number of fused-ring (bicyclic) bond motifs is 1. The standard InChI is InChI=1S/C15H10N4O5/c20-13(9-5-2-1-3-6-9)17-18-14(21)12-10(16-15(18)22)7-4-8-11(12)19(23)24/h1-8H,(H,16,22)(H,17,20). The number of aromatic nitrogens is 2. The zero-order valence-corrected chi connectivity index (χ0v) is 12.1. The third-order valence-electron chi connectivity index (χ3n) is 3.35. The molecule has 0 spiro atoms. The van der Waals surface area contributed by atoms with Crippen molar-refractivity contribution in [1.29, 1.82) is 0 Å². The predicted molar refractivity (Wildman–Crippen MR) is 85.6 cm³/mol. The molecule has 0 unspecified atom stereocenters. The summed E-state index contributed by atoms with van der Waals surface area (Å²) in [6, 6.07) is 11.8. The molecule has 1 heterocycles. The van der Waals surface area contributed by atoms with Crippen LogP contribution in [0.1, 0.15) is 10.4 Å². The van der Waals surface area contributed by atoms with Crippen LogP contribution < -0.4 is 16.7 Å². The fourth-order valence-corrected chi connectivity index (χ4v) is 2.25. The van der Waals surface area contributed by atoms with Crippen molar-refractivity contribution < 1.29 is 9.72 Å². The third kappa shape index (κ3) is 2.54. The van der Waals surface area contributed by atoms with E-state index in [-0.39, 0.29) is 16.5 Å². The van der Waals surface area contributed by atoms with Crippen LogP contribution in [0.15, 0.2) is 58.1 Å². The number of non-ortho nitro benzene ring substituents is 1. The minimum atomic E-state index is -0.981. The van der Waals surface area contributed by atoms with E-state index in [4.69, 9.17) is 0 Å². The van der Waals surface area contributed by atoms with E-state index < -0.39 is 27.8 Å². The summed E-state index contributed by atoms with van der Waals surface area (Å²) in [4.78, 5) is 49.3. The Morgan fingerprint density at radius 2 is 1.79 bits per heavy atom. The Morgan fingerprint density at radius 3 is 2.46 bits per heavy atom. The number of H-pyrrole nitrogens is 1. The summed E-state index contributed by atoms with van der Waals surface area (Å²) >= 11 is 0. The minimum Gasteiger partial charge on any atom is -0.305 e. The van der Waals surface area contributed by atoms with E-state index in [0.717, 1.165) is 6.07 Å². The number of nitro groups is 1. The highest BCUT2D eigenvalue weighted by Crippen LogP contribution is 2.19. The van der Waals surface area contributed by atoms with E-state index in [2.05, 4.69) is 10.4 Å². The molecule has 120 valence electrons. The normalized spacial score (nSPS) is 10.5. The van der Waals surface area contributed by atoms with Crippen LogP contribution in [-0.4, -0.2) is 20.5 Å². The number of rotatable bonds is 3. The molecule has 1 amide bonds. The van der Waals surface area contributed by atoms with Gasteiger partial charge in [0.1, 0.15) is 5.39 Å². The topological polar surface area (TPSA) is 127 Å². The SMILES string of the molecule is O=C(Nn1c(=O)[nH]c2cccc([N+](=O)[O-])c2c1=O)c1ccccc1. The van der Waals surface area contributed by atoms with Crippen molar-refractivity contribution in [2.24, 2.45) is 0 Å². The molecule has 0 atom stereocenters. The summed E-state index contributed by atoms with van der Waals surface area (Å²) in [7, 11) is 0. The summed E-state index contributed by atoms with van der Waals surface area (Å²) in [5.74, 6) is -0.693. The molecule has 0 radical (unpaired) electrons. The Labute approximate surface area is 133 Å². The maximum absolute atomic E-state index is 12.5. The number of nitrogens with zero attached hydrogens (tertiary/aromatic N) is 2. The van der Waals surface area contributed by atoms with Crippen molar-refractivity contribution in [3.8, 4) is 0 Å². The van der Waals surface area contributed by atoms with Gasteiger partial charge in [-0.2, -0.15) is 4.68 Å². The van der Waals surface area contributed by atoms with Crippen LogP contribution >= 0.6 is 0 Å². The minimum absolute atomic E-state index is 0.0180. The lowest BCUT2D eigenvalue weighted by Crippen LogP contribution is -2.43. The second kappa shape index (κ2) is 5.80. The van der Waals surface area contributed by atoms with Gasteiger partial charge < -0.3 is 4.98 Å². The Hall–Kier alpha value is -3.75. The molecule has 0 saturated heterocycles. The quantitative estimate of drug-likeness (QED) is 0.548. The fraction of sp³-hybridized carbons (Fsp3) is 0. The van der Waals surface area contributed by atoms with Crippen LogP contribution in [0.5, 0.6) is 0 Å². The second-order valence-electron chi connectivity index (χ2n) is 4.83. The number of hydrogen-bond donors (Lipinski definition) is 2. The molecule has 9 heteroatoms. The van der Waals surface area contributed by atoms with Gasteiger partial charge in [-0.15, -0.1) is 0 Å². The summed E-state index contributed by atoms with van der Waals surface area (Å²) in [6.07, 6.45) is 0. The monoisotopic (exact) mass is 326 g/mol. The van der Waals surface area contributed by atoms with Crippen molar-refractivity contribution in [1.82, 2.24) is 9.66 Å². The molecule has 9 nitrogen and oxygen atoms in total. The highest BCUT2D eigenvalue weighted by molar-refractivity contribution is 6.00. The average Bonchev–Trinajstić information content (AvgIpc) is 2.58. The third-order valence-corrected chi connectivity index (χ3v) is 3.35. The summed E-state index contributed by atoms with van der Waals surface area (Å²) in [5.41, 5.74) is 0.0500. The van der Waals surface area contributed by atoms with Gasteiger partial charge in [0, 0.05) is 11.6 Å². The van der Waals surface area contributed by atoms with Gasteiger partial charge in [-0.1, -0.05) is 24.3 Å². The molecule has 0 saturated carbocycles. The number of aromatic amines is 1. The second-order valence-corrected chi connectivity index (χ2v) is 4.83. The van der Waals surface area contributed by atoms with Crippen LogP contribution in [-0.2, 0) is 0 Å². The van der Waals surface area contributed by atoms with Crippen LogP contribution in [0, 0.1) is 10.1 Å². The molecule has 1 aromatic heterocycles. The molecular weight excluding hydrogens is 316 g/mol. The van der Waals surface area contributed by atoms with E-state index in [9.17, 15) is 24.5 Å². The number of carbonyl (C=O) groups excluding carboxylic acids is 1. The van der Waals surface area contributed by atoms with Crippen LogP contribution in [0.2, 0.25) is 0 Å². The lowest BCUT2D eigenvalue weighted by atomic mass is 10.2. The zero-order chi connectivity index (χ0) is 17.3. The molecular formula is C15H10N4O5. The molecule has 2 aromatic carbocycles. The van der Waals surface area contributed by atoms with Gasteiger partial charge in [-0.25, -0.2) is 4.79 Å². The zero-order valence-electron chi connectivity index (χ0n) is 12.1. The molecule has 24 heavy (non-hydrogen) atoms. The van der Waals surface area contributed by atoms with Crippen LogP contribution in [0.4, 0.5) is 5.69 Å². The Bertz CT molecular complexity index is 1070. The number of nitrogens with one attached hydrogen (secondary N) is 2. The Balaban J connectivity index is 2.17. The molecule has 3 rings (SSSR count). The maximum Gasteiger partial charge on any atom is 0.348 e. The van der Waals surface area contributed by atoms with Gasteiger partial charge in [0.2, 0.25) is 0 Å². The fourth-order valence-electron chi connectivity index (χ4n) is 2.25. The first-order valence-electron chi connectivity index (χ1n) is 6.78. The highest BCUT2D eigenvalue weighted by atomic mass is 16.6. The van der Waals surface area contributed by atoms with Crippen molar-refractivity contribution >= 4 is 22.5 Å².